The van der Waals surface area contributed by atoms with Crippen LogP contribution < -0.4 is 14.8 Å². The Bertz CT molecular complexity index is 865. The Hall–Kier alpha value is -3.22. The number of allylic oxidation sites excluding steroid dienone is 1. The van der Waals surface area contributed by atoms with Gasteiger partial charge in [0.05, 0.1) is 12.7 Å². The van der Waals surface area contributed by atoms with Gasteiger partial charge in [0.25, 0.3) is 5.91 Å². The minimum absolute atomic E-state index is 0.151. The molecule has 27 heavy (non-hydrogen) atoms. The third kappa shape index (κ3) is 5.64. The quantitative estimate of drug-likeness (QED) is 0.567. The Morgan fingerprint density at radius 1 is 1.11 bits per heavy atom. The van der Waals surface area contributed by atoms with E-state index in [2.05, 4.69) is 5.32 Å². The average Bonchev–Trinajstić information content (AvgIpc) is 2.65. The van der Waals surface area contributed by atoms with Crippen LogP contribution in [0, 0.1) is 11.6 Å². The molecule has 0 saturated heterocycles. The van der Waals surface area contributed by atoms with Gasteiger partial charge in [0.15, 0.2) is 23.9 Å². The molecule has 2 aromatic carbocycles. The molecule has 0 atom stereocenters. The first-order valence-electron chi connectivity index (χ1n) is 8.19. The van der Waals surface area contributed by atoms with E-state index in [0.717, 1.165) is 12.1 Å². The number of likely N-dealkylation sites (N-methyl/N-ethyl adjacent to an activating group) is 1. The van der Waals surface area contributed by atoms with Crippen LogP contribution in [0.5, 0.6) is 11.5 Å². The smallest absolute Gasteiger partial charge is 0.257 e. The summed E-state index contributed by atoms with van der Waals surface area (Å²) in [5.41, 5.74) is 0.384. The Morgan fingerprint density at radius 3 is 2.56 bits per heavy atom. The normalized spacial score (nSPS) is 10.7. The molecule has 2 rings (SSSR count). The van der Waals surface area contributed by atoms with Crippen molar-refractivity contribution >= 4 is 17.8 Å². The van der Waals surface area contributed by atoms with E-state index < -0.39 is 17.4 Å². The van der Waals surface area contributed by atoms with Crippen LogP contribution in [0.4, 0.5) is 8.78 Å². The van der Waals surface area contributed by atoms with Crippen LogP contribution >= 0.6 is 0 Å². The van der Waals surface area contributed by atoms with Crippen molar-refractivity contribution in [1.29, 1.82) is 0 Å². The van der Waals surface area contributed by atoms with Crippen molar-refractivity contribution in [2.24, 2.45) is 0 Å². The minimum atomic E-state index is -0.920. The van der Waals surface area contributed by atoms with Crippen molar-refractivity contribution in [2.75, 3.05) is 20.3 Å². The monoisotopic (exact) mass is 375 g/mol. The Balaban J connectivity index is 2.11. The Morgan fingerprint density at radius 2 is 1.89 bits per heavy atom. The maximum Gasteiger partial charge on any atom is 0.257 e. The molecular formula is C20H19F2NO4. The van der Waals surface area contributed by atoms with E-state index in [9.17, 15) is 18.4 Å². The van der Waals surface area contributed by atoms with E-state index in [1.807, 2.05) is 0 Å². The highest BCUT2D eigenvalue weighted by Crippen LogP contribution is 2.28. The van der Waals surface area contributed by atoms with Crippen LogP contribution in [-0.2, 0) is 4.79 Å². The van der Waals surface area contributed by atoms with Gasteiger partial charge in [-0.3, -0.25) is 9.59 Å². The molecule has 1 amide bonds. The topological polar surface area (TPSA) is 64.6 Å². The van der Waals surface area contributed by atoms with Gasteiger partial charge in [-0.05, 0) is 42.8 Å². The van der Waals surface area contributed by atoms with Gasteiger partial charge < -0.3 is 14.8 Å². The van der Waals surface area contributed by atoms with E-state index in [1.54, 1.807) is 25.1 Å². The van der Waals surface area contributed by atoms with Crippen LogP contribution in [0.2, 0.25) is 0 Å². The van der Waals surface area contributed by atoms with Gasteiger partial charge in [-0.15, -0.1) is 0 Å². The number of hydrogen-bond acceptors (Lipinski definition) is 4. The van der Waals surface area contributed by atoms with E-state index in [-0.39, 0.29) is 18.1 Å². The molecule has 0 heterocycles. The SMILES string of the molecule is CCNC(=O)COc1ccc(/C=C/C(=O)c2ccc(F)cc2F)cc1OC. The summed E-state index contributed by atoms with van der Waals surface area (Å²) in [4.78, 5) is 23.5. The predicted molar refractivity (Wildman–Crippen MR) is 96.9 cm³/mol. The molecule has 0 spiro atoms. The average molecular weight is 375 g/mol. The van der Waals surface area contributed by atoms with Crippen molar-refractivity contribution in [3.8, 4) is 11.5 Å². The standard InChI is InChI=1S/C20H19F2NO4/c1-3-23-20(25)12-27-18-9-5-13(10-19(18)26-2)4-8-17(24)15-7-6-14(21)11-16(15)22/h4-11H,3,12H2,1-2H3,(H,23,25)/b8-4+. The highest BCUT2D eigenvalue weighted by molar-refractivity contribution is 6.07. The first kappa shape index (κ1) is 20.1. The largest absolute Gasteiger partial charge is 0.493 e. The van der Waals surface area contributed by atoms with E-state index in [4.69, 9.17) is 9.47 Å². The Labute approximate surface area is 155 Å². The van der Waals surface area contributed by atoms with Crippen LogP contribution in [0.3, 0.4) is 0 Å². The second-order valence-corrected chi connectivity index (χ2v) is 5.47. The summed E-state index contributed by atoms with van der Waals surface area (Å²) in [6, 6.07) is 7.63. The summed E-state index contributed by atoms with van der Waals surface area (Å²) in [6.07, 6.45) is 2.65. The van der Waals surface area contributed by atoms with Crippen molar-refractivity contribution < 1.29 is 27.8 Å². The van der Waals surface area contributed by atoms with Gasteiger partial charge in [-0.25, -0.2) is 8.78 Å². The van der Waals surface area contributed by atoms with Gasteiger partial charge in [0.1, 0.15) is 11.6 Å². The van der Waals surface area contributed by atoms with Crippen molar-refractivity contribution in [2.45, 2.75) is 6.92 Å². The molecule has 1 N–H and O–H groups in total. The third-order valence-corrected chi connectivity index (χ3v) is 3.54. The van der Waals surface area contributed by atoms with E-state index in [1.165, 1.54) is 19.3 Å². The molecule has 0 fully saturated rings. The summed E-state index contributed by atoms with van der Waals surface area (Å²) in [5, 5.41) is 2.61. The molecule has 7 heteroatoms. The number of amides is 1. The molecule has 0 radical (unpaired) electrons. The van der Waals surface area contributed by atoms with E-state index in [0.29, 0.717) is 29.7 Å². The number of benzene rings is 2. The molecular weight excluding hydrogens is 356 g/mol. The second-order valence-electron chi connectivity index (χ2n) is 5.47. The zero-order chi connectivity index (χ0) is 19.8. The molecule has 2 aromatic rings. The molecule has 0 saturated carbocycles. The lowest BCUT2D eigenvalue weighted by atomic mass is 10.1. The highest BCUT2D eigenvalue weighted by Gasteiger charge is 2.11. The number of halogens is 2. The van der Waals surface area contributed by atoms with Crippen molar-refractivity contribution in [1.82, 2.24) is 5.32 Å². The van der Waals surface area contributed by atoms with E-state index >= 15 is 0 Å². The van der Waals surface area contributed by atoms with Crippen LogP contribution in [0.15, 0.2) is 42.5 Å². The van der Waals surface area contributed by atoms with Gasteiger partial charge in [0, 0.05) is 12.6 Å². The molecule has 142 valence electrons. The summed E-state index contributed by atoms with van der Waals surface area (Å²) < 4.78 is 37.2. The van der Waals surface area contributed by atoms with Crippen LogP contribution in [0.1, 0.15) is 22.8 Å². The number of nitrogens with one attached hydrogen (secondary N) is 1. The summed E-state index contributed by atoms with van der Waals surface area (Å²) in [7, 11) is 1.45. The number of carbonyl (C=O) groups excluding carboxylic acids is 2. The molecule has 0 aromatic heterocycles. The molecule has 5 nitrogen and oxygen atoms in total. The number of rotatable bonds is 8. The summed E-state index contributed by atoms with van der Waals surface area (Å²) >= 11 is 0. The molecule has 0 unspecified atom stereocenters. The molecule has 0 aliphatic rings. The first-order valence-corrected chi connectivity index (χ1v) is 8.19. The lowest BCUT2D eigenvalue weighted by Gasteiger charge is -2.11. The fraction of sp³-hybridized carbons (Fsp3) is 0.200. The number of ether oxygens (including phenoxy) is 2. The zero-order valence-electron chi connectivity index (χ0n) is 14.9. The molecule has 0 aliphatic carbocycles. The first-order chi connectivity index (χ1) is 12.9. The lowest BCUT2D eigenvalue weighted by Crippen LogP contribution is -2.28. The maximum absolute atomic E-state index is 13.6. The van der Waals surface area contributed by atoms with Gasteiger partial charge in [-0.1, -0.05) is 12.1 Å². The fourth-order valence-electron chi connectivity index (χ4n) is 2.25. The zero-order valence-corrected chi connectivity index (χ0v) is 14.9. The number of hydrogen-bond donors (Lipinski definition) is 1. The second kappa shape index (κ2) is 9.47. The van der Waals surface area contributed by atoms with Crippen molar-refractivity contribution in [3.63, 3.8) is 0 Å². The van der Waals surface area contributed by atoms with Gasteiger partial charge in [0.2, 0.25) is 0 Å². The van der Waals surface area contributed by atoms with Gasteiger partial charge >= 0.3 is 0 Å². The van der Waals surface area contributed by atoms with Crippen LogP contribution in [-0.4, -0.2) is 32.0 Å². The van der Waals surface area contributed by atoms with Crippen LogP contribution in [0.25, 0.3) is 6.08 Å². The summed E-state index contributed by atoms with van der Waals surface area (Å²) in [5.74, 6) is -1.77. The number of methoxy groups -OCH3 is 1. The Kier molecular flexibility index (Phi) is 7.05. The lowest BCUT2D eigenvalue weighted by molar-refractivity contribution is -0.123. The maximum atomic E-state index is 13.6. The predicted octanol–water partition coefficient (Wildman–Crippen LogP) is 3.38. The molecule has 0 bridgehead atoms. The third-order valence-electron chi connectivity index (χ3n) is 3.54. The summed E-state index contributed by atoms with van der Waals surface area (Å²) in [6.45, 7) is 2.16. The number of ketones is 1. The number of carbonyl (C=O) groups is 2. The molecule has 0 aliphatic heterocycles. The fourth-order valence-corrected chi connectivity index (χ4v) is 2.25. The van der Waals surface area contributed by atoms with Gasteiger partial charge in [-0.2, -0.15) is 0 Å². The van der Waals surface area contributed by atoms with Crippen molar-refractivity contribution in [3.05, 3.63) is 65.2 Å². The highest BCUT2D eigenvalue weighted by atomic mass is 19.1. The minimum Gasteiger partial charge on any atom is -0.493 e.